The van der Waals surface area contributed by atoms with Crippen LogP contribution in [0, 0.1) is 35.5 Å². The average molecular weight is 1490 g/mol. The van der Waals surface area contributed by atoms with E-state index in [0.717, 1.165) is 0 Å². The fourth-order valence-electron chi connectivity index (χ4n) is 11.1. The smallest absolute Gasteiger partial charge is 0.268 e. The molecule has 0 unspecified atom stereocenters. The predicted molar refractivity (Wildman–Crippen MR) is 397 cm³/mol. The van der Waals surface area contributed by atoms with Gasteiger partial charge in [-0.1, -0.05) is 138 Å². The zero-order valence-corrected chi connectivity index (χ0v) is 64.0. The SMILES string of the molecule is C/C=C1/NC(=O)[C@H](C(C)C)NC(=O)[C@H](Cc2ccccc2)NC(=O)[C@H](C(C)C)NC(=O)[C@H](C(C)C)NC(=O)[C@H](C(C)C)NC(=O)[C@H]([C@@H](C)O)NC(=O)[C@H]([C@@H](C)CC)NC(=O)[C@H]([C@@H](C)O)NC(=O)[C@H](C(C)C)NC(=O)[C@H](CCSC)NC(=O)[C@H](Cc2ccc(O)cc2)NC(=O)[C@H](CCCN=C(N)N)NC1=O. The lowest BCUT2D eigenvalue weighted by Crippen LogP contribution is -2.64. The van der Waals surface area contributed by atoms with E-state index in [9.17, 15) is 77.6 Å². The van der Waals surface area contributed by atoms with Crippen LogP contribution in [0.1, 0.15) is 141 Å². The van der Waals surface area contributed by atoms with Gasteiger partial charge in [0.25, 0.3) is 5.91 Å². The number of guanidine groups is 1. The Labute approximate surface area is 619 Å². The van der Waals surface area contributed by atoms with E-state index in [1.807, 2.05) is 0 Å². The maximum Gasteiger partial charge on any atom is 0.268 e. The molecule has 2 aromatic carbocycles. The van der Waals surface area contributed by atoms with Crippen LogP contribution in [-0.2, 0) is 75.2 Å². The second-order valence-electron chi connectivity index (χ2n) is 28.2. The number of aliphatic hydroxyl groups excluding tert-OH is 2. The van der Waals surface area contributed by atoms with Gasteiger partial charge in [-0.25, -0.2) is 0 Å². The van der Waals surface area contributed by atoms with Crippen molar-refractivity contribution in [3.63, 3.8) is 0 Å². The number of carbonyl (C=O) groups excluding carboxylic acids is 13. The molecule has 584 valence electrons. The summed E-state index contributed by atoms with van der Waals surface area (Å²) < 4.78 is 0. The number of nitrogens with one attached hydrogen (secondary N) is 13. The number of thioether (sulfide) groups is 1. The Balaban J connectivity index is 2.32. The Bertz CT molecular complexity index is 3350. The van der Waals surface area contributed by atoms with Crippen molar-refractivity contribution >= 4 is 94.5 Å². The Morgan fingerprint density at radius 1 is 0.438 bits per heavy atom. The molecule has 105 heavy (non-hydrogen) atoms. The summed E-state index contributed by atoms with van der Waals surface area (Å²) in [4.78, 5) is 193. The highest BCUT2D eigenvalue weighted by Gasteiger charge is 2.41. The lowest BCUT2D eigenvalue weighted by Gasteiger charge is -2.32. The van der Waals surface area contributed by atoms with Crippen molar-refractivity contribution in [2.45, 2.75) is 227 Å². The fraction of sp³-hybridized carbons (Fsp3) is 0.611. The van der Waals surface area contributed by atoms with Crippen LogP contribution in [0.4, 0.5) is 0 Å². The predicted octanol–water partition coefficient (Wildman–Crippen LogP) is -1.08. The molecule has 1 aliphatic rings. The third-order valence-corrected chi connectivity index (χ3v) is 18.3. The first-order valence-corrected chi connectivity index (χ1v) is 37.0. The highest BCUT2D eigenvalue weighted by Crippen LogP contribution is 2.18. The Hall–Kier alpha value is -9.37. The zero-order chi connectivity index (χ0) is 79.3. The molecule has 0 radical (unpaired) electrons. The van der Waals surface area contributed by atoms with E-state index in [2.05, 4.69) is 74.1 Å². The molecule has 1 saturated heterocycles. The monoisotopic (exact) mass is 1490 g/mol. The van der Waals surface area contributed by atoms with E-state index in [4.69, 9.17) is 11.5 Å². The van der Waals surface area contributed by atoms with Crippen LogP contribution in [0.3, 0.4) is 0 Å². The van der Waals surface area contributed by atoms with Crippen LogP contribution in [0.15, 0.2) is 71.4 Å². The highest BCUT2D eigenvalue weighted by molar-refractivity contribution is 7.98. The first-order chi connectivity index (χ1) is 49.3. The number of aliphatic hydroxyl groups is 2. The lowest BCUT2D eigenvalue weighted by atomic mass is 9.96. The summed E-state index contributed by atoms with van der Waals surface area (Å²) in [6, 6.07) is -3.74. The fourth-order valence-corrected chi connectivity index (χ4v) is 11.6. The number of allylic oxidation sites excluding steroid dienone is 1. The standard InChI is InChI=1S/C72H114N16O16S/c1-17-40(13)56-69(102)88-57(41(14)89)70(103)85-55(39(11)12)67(100)84-54(38(9)10)66(99)83-52(36(5)6)65(98)80-50(33-43-23-20-19-21-24-43)63(96)82-51(35(3)4)64(97)76-46(18-2)59(92)77-47(25-22-31-75-72(73)74)60(93)79-49(34-44-26-28-45(91)29-27-44)62(95)78-48(30-32-105-16)61(94)81-53(37(7)8)68(101)87-58(42(15)90)71(104)86-56/h18-21,23-24,26-29,35-42,47-58,89-91H,17,22,25,30-34H2,1-16H3,(H,76,97)(H,77,92)(H,78,95)(H,79,93)(H,80,98)(H,81,94)(H,82,96)(H,83,99)(H,84,100)(H,85,103)(H,86,104)(H,87,101)(H,88,102)(H4,73,74,75)/b46-18+/t40-,41+,42+,47-,48-,49-,50-,51-,52-,53-,54-,55-,56-,57-,58-/m0/s1. The number of nitrogens with two attached hydrogens (primary N) is 2. The van der Waals surface area contributed by atoms with Crippen molar-refractivity contribution in [3.05, 3.63) is 77.5 Å². The van der Waals surface area contributed by atoms with Crippen LogP contribution in [0.25, 0.3) is 0 Å². The van der Waals surface area contributed by atoms with Gasteiger partial charge in [0.15, 0.2) is 5.96 Å². The minimum absolute atomic E-state index is 0.0297. The molecular formula is C72H114N16O16S. The first-order valence-electron chi connectivity index (χ1n) is 35.6. The van der Waals surface area contributed by atoms with Crippen molar-refractivity contribution in [1.29, 1.82) is 0 Å². The molecule has 0 aromatic heterocycles. The number of carbonyl (C=O) groups is 13. The number of aromatic hydroxyl groups is 1. The number of phenols is 1. The highest BCUT2D eigenvalue weighted by atomic mass is 32.2. The summed E-state index contributed by atoms with van der Waals surface area (Å²) in [5.74, 6) is -16.4. The molecule has 20 N–H and O–H groups in total. The van der Waals surface area contributed by atoms with Gasteiger partial charge in [-0.3, -0.25) is 67.3 Å². The minimum atomic E-state index is -1.80. The summed E-state index contributed by atoms with van der Waals surface area (Å²) in [5, 5.41) is 66.6. The van der Waals surface area contributed by atoms with Crippen molar-refractivity contribution in [2.75, 3.05) is 18.6 Å². The number of nitrogens with zero attached hydrogens (tertiary/aromatic N) is 1. The van der Waals surface area contributed by atoms with E-state index >= 15 is 0 Å². The van der Waals surface area contributed by atoms with E-state index in [1.165, 1.54) is 62.9 Å². The molecular weight excluding hydrogens is 1380 g/mol. The van der Waals surface area contributed by atoms with E-state index < -0.39 is 197 Å². The van der Waals surface area contributed by atoms with Crippen molar-refractivity contribution in [3.8, 4) is 5.75 Å². The molecule has 3 rings (SSSR count). The number of aliphatic imine (C=N–C) groups is 1. The van der Waals surface area contributed by atoms with E-state index in [-0.39, 0.29) is 68.2 Å². The molecule has 1 heterocycles. The number of hydrogen-bond donors (Lipinski definition) is 18. The van der Waals surface area contributed by atoms with Crippen molar-refractivity contribution in [1.82, 2.24) is 69.1 Å². The van der Waals surface area contributed by atoms with Crippen molar-refractivity contribution in [2.24, 2.45) is 52.0 Å². The second kappa shape index (κ2) is 43.8. The van der Waals surface area contributed by atoms with Gasteiger partial charge < -0.3 is 95.9 Å². The van der Waals surface area contributed by atoms with Gasteiger partial charge in [0.2, 0.25) is 70.9 Å². The molecule has 13 amide bonds. The summed E-state index contributed by atoms with van der Waals surface area (Å²) in [6.45, 7) is 23.1. The summed E-state index contributed by atoms with van der Waals surface area (Å²) in [6.07, 6.45) is -0.609. The van der Waals surface area contributed by atoms with Gasteiger partial charge in [-0.05, 0) is 111 Å². The molecule has 2 aromatic rings. The largest absolute Gasteiger partial charge is 0.508 e. The molecule has 0 aliphatic carbocycles. The number of amides is 13. The lowest BCUT2D eigenvalue weighted by molar-refractivity contribution is -0.139. The van der Waals surface area contributed by atoms with Crippen LogP contribution < -0.4 is 80.6 Å². The van der Waals surface area contributed by atoms with Gasteiger partial charge in [0.05, 0.1) is 12.2 Å². The molecule has 0 bridgehead atoms. The maximum absolute atomic E-state index is 14.8. The second-order valence-corrected chi connectivity index (χ2v) is 29.2. The van der Waals surface area contributed by atoms with E-state index in [0.29, 0.717) is 11.1 Å². The summed E-state index contributed by atoms with van der Waals surface area (Å²) >= 11 is 1.32. The molecule has 1 fully saturated rings. The van der Waals surface area contributed by atoms with Gasteiger partial charge in [0.1, 0.15) is 83.9 Å². The zero-order valence-electron chi connectivity index (χ0n) is 63.1. The van der Waals surface area contributed by atoms with Crippen LogP contribution in [-0.4, -0.2) is 201 Å². The topological polar surface area (TPSA) is 503 Å². The number of phenolic OH excluding ortho intramolecular Hbond substituents is 1. The van der Waals surface area contributed by atoms with Gasteiger partial charge in [-0.15, -0.1) is 0 Å². The van der Waals surface area contributed by atoms with Crippen molar-refractivity contribution < 1.29 is 77.6 Å². The Morgan fingerprint density at radius 3 is 1.18 bits per heavy atom. The average Bonchev–Trinajstić information content (AvgIpc) is 0.840. The third kappa shape index (κ3) is 28.9. The van der Waals surface area contributed by atoms with Crippen LogP contribution >= 0.6 is 11.8 Å². The molecule has 1 aliphatic heterocycles. The normalized spacial score (nSPS) is 25.7. The number of hydrogen-bond acceptors (Lipinski definition) is 18. The summed E-state index contributed by atoms with van der Waals surface area (Å²) in [5.41, 5.74) is 11.8. The minimum Gasteiger partial charge on any atom is -0.508 e. The van der Waals surface area contributed by atoms with Gasteiger partial charge >= 0.3 is 0 Å². The van der Waals surface area contributed by atoms with Gasteiger partial charge in [0, 0.05) is 19.4 Å². The Kier molecular flexibility index (Phi) is 37.5. The molecule has 0 spiro atoms. The molecule has 32 nitrogen and oxygen atoms in total. The molecule has 0 saturated carbocycles. The molecule has 33 heteroatoms. The Morgan fingerprint density at radius 2 is 0.771 bits per heavy atom. The maximum atomic E-state index is 14.8. The first kappa shape index (κ1) is 89.8. The quantitative estimate of drug-likeness (QED) is 0.0325. The third-order valence-electron chi connectivity index (χ3n) is 17.7. The number of rotatable bonds is 20. The molecule has 15 atom stereocenters. The van der Waals surface area contributed by atoms with E-state index in [1.54, 1.807) is 120 Å². The number of benzene rings is 2. The van der Waals surface area contributed by atoms with Crippen LogP contribution in [0.5, 0.6) is 5.75 Å². The van der Waals surface area contributed by atoms with Crippen LogP contribution in [0.2, 0.25) is 0 Å². The van der Waals surface area contributed by atoms with Gasteiger partial charge in [-0.2, -0.15) is 11.8 Å². The summed E-state index contributed by atoms with van der Waals surface area (Å²) in [7, 11) is 0.